The van der Waals surface area contributed by atoms with Crippen LogP contribution in [0.25, 0.3) is 11.1 Å². The summed E-state index contributed by atoms with van der Waals surface area (Å²) in [5.74, 6) is -0.939. The lowest BCUT2D eigenvalue weighted by molar-refractivity contribution is 0.0689. The van der Waals surface area contributed by atoms with E-state index in [4.69, 9.17) is 27.9 Å². The van der Waals surface area contributed by atoms with Gasteiger partial charge in [-0.3, -0.25) is 0 Å². The number of aromatic carboxylic acids is 1. The summed E-state index contributed by atoms with van der Waals surface area (Å²) < 4.78 is 20.2. The highest BCUT2D eigenvalue weighted by Gasteiger charge is 2.23. The molecule has 4 rings (SSSR count). The Labute approximate surface area is 195 Å². The van der Waals surface area contributed by atoms with Gasteiger partial charge < -0.3 is 9.84 Å². The third kappa shape index (κ3) is 4.50. The molecule has 0 unspecified atom stereocenters. The van der Waals surface area contributed by atoms with E-state index in [1.807, 2.05) is 12.1 Å². The van der Waals surface area contributed by atoms with Gasteiger partial charge in [0, 0.05) is 16.1 Å². The van der Waals surface area contributed by atoms with Crippen molar-refractivity contribution in [1.82, 2.24) is 4.98 Å². The fraction of sp³-hybridized carbons (Fsp3) is 0.200. The molecule has 164 valence electrons. The third-order valence-electron chi connectivity index (χ3n) is 5.53. The van der Waals surface area contributed by atoms with E-state index < -0.39 is 11.8 Å². The maximum Gasteiger partial charge on any atom is 0.354 e. The quantitative estimate of drug-likeness (QED) is 0.412. The van der Waals surface area contributed by atoms with Crippen LogP contribution in [0, 0.1) is 12.7 Å². The Hall–Kier alpha value is -2.89. The Kier molecular flexibility index (Phi) is 6.49. The monoisotopic (exact) mass is 471 g/mol. The van der Waals surface area contributed by atoms with Crippen molar-refractivity contribution in [3.8, 4) is 5.75 Å². The molecule has 1 aliphatic rings. The summed E-state index contributed by atoms with van der Waals surface area (Å²) in [6.07, 6.45) is 2.42. The third-order valence-corrected chi connectivity index (χ3v) is 6.12. The number of pyridine rings is 1. The molecule has 0 atom stereocenters. The van der Waals surface area contributed by atoms with Gasteiger partial charge in [0.25, 0.3) is 0 Å². The van der Waals surface area contributed by atoms with Crippen LogP contribution in [0.5, 0.6) is 5.75 Å². The molecule has 1 N–H and O–H groups in total. The van der Waals surface area contributed by atoms with E-state index in [2.05, 4.69) is 4.98 Å². The van der Waals surface area contributed by atoms with E-state index in [1.54, 1.807) is 37.3 Å². The van der Waals surface area contributed by atoms with Crippen molar-refractivity contribution >= 4 is 40.3 Å². The second kappa shape index (κ2) is 9.31. The van der Waals surface area contributed by atoms with Gasteiger partial charge in [-0.2, -0.15) is 0 Å². The first-order valence-electron chi connectivity index (χ1n) is 10.1. The van der Waals surface area contributed by atoms with E-state index in [9.17, 15) is 14.3 Å². The Morgan fingerprint density at radius 3 is 2.66 bits per heavy atom. The molecule has 0 saturated heterocycles. The molecule has 0 radical (unpaired) electrons. The van der Waals surface area contributed by atoms with Gasteiger partial charge in [0.05, 0.1) is 10.7 Å². The number of aromatic nitrogens is 1. The fourth-order valence-electron chi connectivity index (χ4n) is 3.92. The molecule has 0 fully saturated rings. The topological polar surface area (TPSA) is 59.4 Å². The average molecular weight is 472 g/mol. The highest BCUT2D eigenvalue weighted by Crippen LogP contribution is 2.43. The molecule has 0 amide bonds. The number of nitrogens with zero attached hydrogens (tertiary/aromatic N) is 1. The molecule has 7 heteroatoms. The Bertz CT molecular complexity index is 1220. The lowest BCUT2D eigenvalue weighted by atomic mass is 9.98. The van der Waals surface area contributed by atoms with Gasteiger partial charge in [0.1, 0.15) is 18.2 Å². The molecule has 3 aromatic rings. The molecule has 1 heterocycles. The van der Waals surface area contributed by atoms with E-state index >= 15 is 0 Å². The summed E-state index contributed by atoms with van der Waals surface area (Å²) in [5, 5.41) is 10.3. The number of allylic oxidation sites excluding steroid dienone is 2. The number of hydrogen-bond donors (Lipinski definition) is 1. The van der Waals surface area contributed by atoms with Gasteiger partial charge in [-0.25, -0.2) is 14.2 Å². The zero-order chi connectivity index (χ0) is 22.8. The van der Waals surface area contributed by atoms with Crippen molar-refractivity contribution in [2.24, 2.45) is 0 Å². The van der Waals surface area contributed by atoms with Crippen LogP contribution >= 0.6 is 23.2 Å². The van der Waals surface area contributed by atoms with Gasteiger partial charge in [-0.15, -0.1) is 0 Å². The largest absolute Gasteiger partial charge is 0.488 e. The summed E-state index contributed by atoms with van der Waals surface area (Å²) in [6, 6.07) is 13.4. The number of carboxylic acids is 1. The number of carbonyl (C=O) groups is 1. The maximum absolute atomic E-state index is 14.2. The standard InChI is InChI=1S/C25H20Cl2FNO3/c1-14-8-10-22(29-24(14)25(30)31)17-5-2-4-16(17)18-12-15(26)9-11-23(18)32-13-19-20(27)6-3-7-21(19)28/h3,6-12H,2,4-5,13H2,1H3,(H,30,31). The fourth-order valence-corrected chi connectivity index (χ4v) is 4.31. The molecular weight excluding hydrogens is 452 g/mol. The molecule has 0 spiro atoms. The Morgan fingerprint density at radius 2 is 1.91 bits per heavy atom. The van der Waals surface area contributed by atoms with Crippen LogP contribution in [0.3, 0.4) is 0 Å². The van der Waals surface area contributed by atoms with Crippen LogP contribution in [0.15, 0.2) is 48.5 Å². The maximum atomic E-state index is 14.2. The van der Waals surface area contributed by atoms with Gasteiger partial charge in [0.15, 0.2) is 5.69 Å². The molecule has 1 aliphatic carbocycles. The van der Waals surface area contributed by atoms with Crippen molar-refractivity contribution in [2.45, 2.75) is 32.8 Å². The predicted octanol–water partition coefficient (Wildman–Crippen LogP) is 7.21. The van der Waals surface area contributed by atoms with E-state index in [0.29, 0.717) is 27.1 Å². The highest BCUT2D eigenvalue weighted by molar-refractivity contribution is 6.31. The van der Waals surface area contributed by atoms with Crippen LogP contribution in [0.4, 0.5) is 4.39 Å². The molecular formula is C25H20Cl2FNO3. The van der Waals surface area contributed by atoms with Crippen LogP contribution in [0.2, 0.25) is 10.0 Å². The second-order valence-electron chi connectivity index (χ2n) is 7.61. The van der Waals surface area contributed by atoms with Gasteiger partial charge in [0.2, 0.25) is 0 Å². The average Bonchev–Trinajstić information content (AvgIpc) is 3.24. The number of carboxylic acid groups (broad SMARTS) is 1. The summed E-state index contributed by atoms with van der Waals surface area (Å²) in [5.41, 5.74) is 4.30. The first kappa shape index (κ1) is 22.3. The van der Waals surface area contributed by atoms with Crippen LogP contribution in [0.1, 0.15) is 52.1 Å². The number of benzene rings is 2. The van der Waals surface area contributed by atoms with Gasteiger partial charge in [-0.1, -0.05) is 35.3 Å². The summed E-state index contributed by atoms with van der Waals surface area (Å²) in [7, 11) is 0. The van der Waals surface area contributed by atoms with Gasteiger partial charge >= 0.3 is 5.97 Å². The molecule has 1 aromatic heterocycles. The van der Waals surface area contributed by atoms with E-state index in [0.717, 1.165) is 36.0 Å². The molecule has 2 aromatic carbocycles. The Balaban J connectivity index is 1.75. The van der Waals surface area contributed by atoms with Crippen LogP contribution in [-0.2, 0) is 6.61 Å². The van der Waals surface area contributed by atoms with Crippen LogP contribution < -0.4 is 4.74 Å². The lowest BCUT2D eigenvalue weighted by Crippen LogP contribution is -2.06. The Morgan fingerprint density at radius 1 is 1.12 bits per heavy atom. The molecule has 0 bridgehead atoms. The molecule has 0 aliphatic heterocycles. The van der Waals surface area contributed by atoms with Crippen molar-refractivity contribution in [3.63, 3.8) is 0 Å². The van der Waals surface area contributed by atoms with Crippen molar-refractivity contribution in [1.29, 1.82) is 0 Å². The number of ether oxygens (including phenoxy) is 1. The zero-order valence-electron chi connectivity index (χ0n) is 17.3. The first-order chi connectivity index (χ1) is 15.3. The zero-order valence-corrected chi connectivity index (χ0v) is 18.8. The van der Waals surface area contributed by atoms with E-state index in [1.165, 1.54) is 6.07 Å². The van der Waals surface area contributed by atoms with Gasteiger partial charge in [-0.05, 0) is 79.3 Å². The van der Waals surface area contributed by atoms with Crippen molar-refractivity contribution < 1.29 is 19.0 Å². The van der Waals surface area contributed by atoms with Crippen LogP contribution in [-0.4, -0.2) is 16.1 Å². The number of halogens is 3. The lowest BCUT2D eigenvalue weighted by Gasteiger charge is -2.16. The number of aryl methyl sites for hydroxylation is 1. The molecule has 0 saturated carbocycles. The normalized spacial score (nSPS) is 13.5. The van der Waals surface area contributed by atoms with E-state index in [-0.39, 0.29) is 17.9 Å². The van der Waals surface area contributed by atoms with Crippen molar-refractivity contribution in [2.75, 3.05) is 0 Å². The second-order valence-corrected chi connectivity index (χ2v) is 8.45. The molecule has 4 nitrogen and oxygen atoms in total. The summed E-state index contributed by atoms with van der Waals surface area (Å²) in [6.45, 7) is 1.69. The smallest absolute Gasteiger partial charge is 0.354 e. The number of rotatable bonds is 6. The minimum Gasteiger partial charge on any atom is -0.488 e. The predicted molar refractivity (Wildman–Crippen MR) is 124 cm³/mol. The number of hydrogen-bond acceptors (Lipinski definition) is 3. The minimum atomic E-state index is -1.06. The highest BCUT2D eigenvalue weighted by atomic mass is 35.5. The summed E-state index contributed by atoms with van der Waals surface area (Å²) >= 11 is 12.4. The van der Waals surface area contributed by atoms with Crippen molar-refractivity contribution in [3.05, 3.63) is 92.5 Å². The summed E-state index contributed by atoms with van der Waals surface area (Å²) in [4.78, 5) is 16.0. The molecule has 32 heavy (non-hydrogen) atoms. The minimum absolute atomic E-state index is 0.0330. The SMILES string of the molecule is Cc1ccc(C2=C(c3cc(Cl)ccc3OCc3c(F)cccc3Cl)CCC2)nc1C(=O)O. The first-order valence-corrected chi connectivity index (χ1v) is 10.9.